The molecule has 3 nitrogen and oxygen atoms in total. The molecule has 0 aromatic heterocycles. The summed E-state index contributed by atoms with van der Waals surface area (Å²) >= 11 is 11.2. The molecule has 1 aliphatic heterocycles. The molecule has 0 saturated carbocycles. The van der Waals surface area contributed by atoms with Gasteiger partial charge in [-0.3, -0.25) is 0 Å². The van der Waals surface area contributed by atoms with Crippen LogP contribution >= 0.6 is 23.8 Å². The fourth-order valence-electron chi connectivity index (χ4n) is 2.44. The Bertz CT molecular complexity index is 836. The van der Waals surface area contributed by atoms with Gasteiger partial charge in [0.15, 0.2) is 5.11 Å². The third-order valence-electron chi connectivity index (χ3n) is 3.64. The molecule has 2 aromatic carbocycles. The summed E-state index contributed by atoms with van der Waals surface area (Å²) in [5, 5.41) is 9.66. The average molecular weight is 384 g/mol. The lowest BCUT2D eigenvalue weighted by Gasteiger charge is -2.17. The molecule has 0 bridgehead atoms. The van der Waals surface area contributed by atoms with Gasteiger partial charge in [0.1, 0.15) is 0 Å². The third-order valence-corrected chi connectivity index (χ3v) is 4.18. The second-order valence-corrected chi connectivity index (χ2v) is 6.26. The SMILES string of the molecule is FC(F)(F)c1cccc(NC(=S)N2CCC(c3cccc(Cl)c3)=N2)c1. The molecule has 1 heterocycles. The maximum atomic E-state index is 12.8. The van der Waals surface area contributed by atoms with Crippen molar-refractivity contribution in [2.24, 2.45) is 5.10 Å². The Morgan fingerprint density at radius 1 is 1.16 bits per heavy atom. The van der Waals surface area contributed by atoms with Gasteiger partial charge in [0, 0.05) is 23.7 Å². The Hall–Kier alpha value is -2.12. The van der Waals surface area contributed by atoms with Gasteiger partial charge in [-0.2, -0.15) is 18.3 Å². The van der Waals surface area contributed by atoms with Gasteiger partial charge in [-0.15, -0.1) is 0 Å². The molecule has 0 amide bonds. The molecule has 25 heavy (non-hydrogen) atoms. The molecule has 3 rings (SSSR count). The van der Waals surface area contributed by atoms with Gasteiger partial charge in [0.25, 0.3) is 0 Å². The van der Waals surface area contributed by atoms with Crippen molar-refractivity contribution >= 4 is 40.3 Å². The highest BCUT2D eigenvalue weighted by Crippen LogP contribution is 2.30. The van der Waals surface area contributed by atoms with E-state index in [9.17, 15) is 13.2 Å². The first-order valence-electron chi connectivity index (χ1n) is 7.42. The van der Waals surface area contributed by atoms with Gasteiger partial charge >= 0.3 is 6.18 Å². The van der Waals surface area contributed by atoms with E-state index in [0.29, 0.717) is 18.0 Å². The first kappa shape index (κ1) is 17.7. The molecular weight excluding hydrogens is 371 g/mol. The van der Waals surface area contributed by atoms with E-state index in [0.717, 1.165) is 23.4 Å². The van der Waals surface area contributed by atoms with E-state index in [1.165, 1.54) is 12.1 Å². The van der Waals surface area contributed by atoms with Crippen molar-refractivity contribution in [3.8, 4) is 0 Å². The topological polar surface area (TPSA) is 27.6 Å². The minimum atomic E-state index is -4.40. The fourth-order valence-corrected chi connectivity index (χ4v) is 2.88. The summed E-state index contributed by atoms with van der Waals surface area (Å²) < 4.78 is 38.3. The largest absolute Gasteiger partial charge is 0.416 e. The zero-order chi connectivity index (χ0) is 18.0. The summed E-state index contributed by atoms with van der Waals surface area (Å²) in [5.41, 5.74) is 1.27. The van der Waals surface area contributed by atoms with Crippen LogP contribution in [0.1, 0.15) is 17.5 Å². The zero-order valence-corrected chi connectivity index (χ0v) is 14.4. The van der Waals surface area contributed by atoms with Crippen molar-refractivity contribution in [2.75, 3.05) is 11.9 Å². The zero-order valence-electron chi connectivity index (χ0n) is 12.8. The molecule has 0 aliphatic carbocycles. The number of hydrazone groups is 1. The number of halogens is 4. The molecule has 0 radical (unpaired) electrons. The lowest BCUT2D eigenvalue weighted by molar-refractivity contribution is -0.137. The summed E-state index contributed by atoms with van der Waals surface area (Å²) in [6.07, 6.45) is -3.73. The number of alkyl halides is 3. The van der Waals surface area contributed by atoms with E-state index < -0.39 is 11.7 Å². The van der Waals surface area contributed by atoms with E-state index in [4.69, 9.17) is 23.8 Å². The van der Waals surface area contributed by atoms with Crippen LogP contribution in [0.3, 0.4) is 0 Å². The normalized spacial score (nSPS) is 14.4. The molecule has 2 aromatic rings. The lowest BCUT2D eigenvalue weighted by Crippen LogP contribution is -2.28. The first-order chi connectivity index (χ1) is 11.8. The van der Waals surface area contributed by atoms with Crippen LogP contribution in [0.5, 0.6) is 0 Å². The number of thiocarbonyl (C=S) groups is 1. The molecule has 130 valence electrons. The van der Waals surface area contributed by atoms with Gasteiger partial charge in [0.2, 0.25) is 0 Å². The fraction of sp³-hybridized carbons (Fsp3) is 0.176. The van der Waals surface area contributed by atoms with Crippen LogP contribution in [0.15, 0.2) is 53.6 Å². The van der Waals surface area contributed by atoms with E-state index in [2.05, 4.69) is 10.4 Å². The van der Waals surface area contributed by atoms with E-state index in [-0.39, 0.29) is 10.8 Å². The molecule has 0 unspecified atom stereocenters. The quantitative estimate of drug-likeness (QED) is 0.725. The van der Waals surface area contributed by atoms with Crippen LogP contribution in [0.4, 0.5) is 18.9 Å². The van der Waals surface area contributed by atoms with Crippen LogP contribution in [-0.4, -0.2) is 22.4 Å². The Morgan fingerprint density at radius 3 is 2.64 bits per heavy atom. The standard InChI is InChI=1S/C17H13ClF3N3S/c18-13-5-1-3-11(9-13)15-7-8-24(23-15)16(25)22-14-6-2-4-12(10-14)17(19,20)21/h1-6,9-10H,7-8H2,(H,22,25). The summed E-state index contributed by atoms with van der Waals surface area (Å²) in [7, 11) is 0. The maximum absolute atomic E-state index is 12.8. The predicted molar refractivity (Wildman–Crippen MR) is 97.0 cm³/mol. The first-order valence-corrected chi connectivity index (χ1v) is 8.21. The molecule has 0 fully saturated rings. The van der Waals surface area contributed by atoms with Crippen molar-refractivity contribution in [2.45, 2.75) is 12.6 Å². The van der Waals surface area contributed by atoms with E-state index in [1.807, 2.05) is 18.2 Å². The number of nitrogens with one attached hydrogen (secondary N) is 1. The van der Waals surface area contributed by atoms with Crippen molar-refractivity contribution in [3.05, 3.63) is 64.7 Å². The van der Waals surface area contributed by atoms with Gasteiger partial charge in [-0.1, -0.05) is 29.8 Å². The second kappa shape index (κ2) is 7.01. The van der Waals surface area contributed by atoms with Crippen molar-refractivity contribution in [1.82, 2.24) is 5.01 Å². The smallest absolute Gasteiger partial charge is 0.331 e. The number of benzene rings is 2. The molecule has 1 aliphatic rings. The molecule has 0 spiro atoms. The summed E-state index contributed by atoms with van der Waals surface area (Å²) in [6.45, 7) is 0.548. The van der Waals surface area contributed by atoms with Gasteiger partial charge in [-0.25, -0.2) is 5.01 Å². The number of anilines is 1. The van der Waals surface area contributed by atoms with Crippen molar-refractivity contribution < 1.29 is 13.2 Å². The van der Waals surface area contributed by atoms with Crippen LogP contribution in [-0.2, 0) is 6.18 Å². The van der Waals surface area contributed by atoms with Gasteiger partial charge < -0.3 is 5.32 Å². The Balaban J connectivity index is 1.72. The average Bonchev–Trinajstić information content (AvgIpc) is 3.04. The maximum Gasteiger partial charge on any atom is 0.416 e. The Labute approximate surface area is 153 Å². The number of nitrogens with zero attached hydrogens (tertiary/aromatic N) is 2. The summed E-state index contributed by atoms with van der Waals surface area (Å²) in [4.78, 5) is 0. The predicted octanol–water partition coefficient (Wildman–Crippen LogP) is 5.17. The lowest BCUT2D eigenvalue weighted by atomic mass is 10.1. The van der Waals surface area contributed by atoms with E-state index >= 15 is 0 Å². The molecule has 8 heteroatoms. The highest BCUT2D eigenvalue weighted by molar-refractivity contribution is 7.80. The monoisotopic (exact) mass is 383 g/mol. The Morgan fingerprint density at radius 2 is 1.92 bits per heavy atom. The molecule has 1 N–H and O–H groups in total. The summed E-state index contributed by atoms with van der Waals surface area (Å²) in [6, 6.07) is 12.2. The minimum Gasteiger partial charge on any atom is -0.331 e. The van der Waals surface area contributed by atoms with E-state index in [1.54, 1.807) is 11.1 Å². The van der Waals surface area contributed by atoms with Gasteiger partial charge in [-0.05, 0) is 48.1 Å². The molecule has 0 saturated heterocycles. The van der Waals surface area contributed by atoms with Gasteiger partial charge in [0.05, 0.1) is 11.3 Å². The second-order valence-electron chi connectivity index (χ2n) is 5.44. The highest BCUT2D eigenvalue weighted by atomic mass is 35.5. The highest BCUT2D eigenvalue weighted by Gasteiger charge is 2.30. The molecular formula is C17H13ClF3N3S. The number of hydrogen-bond donors (Lipinski definition) is 1. The van der Waals surface area contributed by atoms with Crippen LogP contribution < -0.4 is 5.32 Å². The van der Waals surface area contributed by atoms with Crippen LogP contribution in [0.25, 0.3) is 0 Å². The van der Waals surface area contributed by atoms with Crippen LogP contribution in [0, 0.1) is 0 Å². The Kier molecular flexibility index (Phi) is 4.96. The third kappa shape index (κ3) is 4.29. The van der Waals surface area contributed by atoms with Crippen LogP contribution in [0.2, 0.25) is 5.02 Å². The number of hydrogen-bond acceptors (Lipinski definition) is 2. The number of rotatable bonds is 2. The minimum absolute atomic E-state index is 0.247. The summed E-state index contributed by atoms with van der Waals surface area (Å²) in [5.74, 6) is 0. The van der Waals surface area contributed by atoms with Crippen molar-refractivity contribution in [3.63, 3.8) is 0 Å². The molecule has 0 atom stereocenters. The van der Waals surface area contributed by atoms with Crippen molar-refractivity contribution in [1.29, 1.82) is 0 Å².